The lowest BCUT2D eigenvalue weighted by Gasteiger charge is -2.28. The van der Waals surface area contributed by atoms with Gasteiger partial charge in [0.2, 0.25) is 5.91 Å². The zero-order valence-electron chi connectivity index (χ0n) is 18.8. The average Bonchev–Trinajstić information content (AvgIpc) is 3.07. The molecule has 4 rings (SSSR count). The van der Waals surface area contributed by atoms with E-state index in [2.05, 4.69) is 15.5 Å². The summed E-state index contributed by atoms with van der Waals surface area (Å²) in [4.78, 5) is 41.2. The number of anilines is 1. The number of morpholine rings is 1. The number of carbonyl (C=O) groups is 3. The maximum Gasteiger partial charge on any atom is 0.325 e. The zero-order valence-corrected chi connectivity index (χ0v) is 18.8. The molecule has 2 N–H and O–H groups in total. The Labute approximate surface area is 192 Å². The molecule has 9 heteroatoms. The summed E-state index contributed by atoms with van der Waals surface area (Å²) in [5.74, 6) is -0.231. The van der Waals surface area contributed by atoms with E-state index in [1.165, 1.54) is 0 Å². The van der Waals surface area contributed by atoms with Crippen LogP contribution in [0.2, 0.25) is 0 Å². The van der Waals surface area contributed by atoms with Crippen molar-refractivity contribution < 1.29 is 23.9 Å². The Balaban J connectivity index is 1.33. The minimum atomic E-state index is -1.24. The van der Waals surface area contributed by atoms with Crippen LogP contribution in [0.5, 0.6) is 5.75 Å². The summed E-state index contributed by atoms with van der Waals surface area (Å²) in [6.07, 6.45) is 0. The SMILES string of the molecule is COc1ccc(C2(C)NC(=O)N(CC(=O)NCc3ccc(N4CCOCC4)cc3)C2=O)cc1. The molecule has 0 aromatic heterocycles. The van der Waals surface area contributed by atoms with Crippen LogP contribution >= 0.6 is 0 Å². The van der Waals surface area contributed by atoms with Crippen molar-refractivity contribution in [2.75, 3.05) is 44.9 Å². The summed E-state index contributed by atoms with van der Waals surface area (Å²) in [6, 6.07) is 14.2. The molecule has 2 heterocycles. The topological polar surface area (TPSA) is 100 Å². The van der Waals surface area contributed by atoms with Gasteiger partial charge in [-0.2, -0.15) is 0 Å². The number of hydrogen-bond acceptors (Lipinski definition) is 6. The Bertz CT molecular complexity index is 1020. The quantitative estimate of drug-likeness (QED) is 0.620. The number of benzene rings is 2. The van der Waals surface area contributed by atoms with E-state index in [4.69, 9.17) is 9.47 Å². The van der Waals surface area contributed by atoms with Gasteiger partial charge in [-0.05, 0) is 42.3 Å². The molecule has 2 aromatic carbocycles. The standard InChI is InChI=1S/C24H28N4O5/c1-24(18-5-9-20(32-2)10-6-18)22(30)28(23(31)26-24)16-21(29)25-15-17-3-7-19(8-4-17)27-11-13-33-14-12-27/h3-10H,11-16H2,1-2H3,(H,25,29)(H,26,31). The van der Waals surface area contributed by atoms with Gasteiger partial charge in [-0.15, -0.1) is 0 Å². The fourth-order valence-electron chi connectivity index (χ4n) is 4.01. The maximum atomic E-state index is 13.0. The van der Waals surface area contributed by atoms with E-state index in [-0.39, 0.29) is 6.54 Å². The number of nitrogens with zero attached hydrogens (tertiary/aromatic N) is 2. The summed E-state index contributed by atoms with van der Waals surface area (Å²) < 4.78 is 10.5. The van der Waals surface area contributed by atoms with Crippen LogP contribution in [0.1, 0.15) is 18.1 Å². The Hall–Kier alpha value is -3.59. The molecule has 2 aromatic rings. The number of hydrogen-bond donors (Lipinski definition) is 2. The fourth-order valence-corrected chi connectivity index (χ4v) is 4.01. The van der Waals surface area contributed by atoms with Crippen molar-refractivity contribution in [1.29, 1.82) is 0 Å². The van der Waals surface area contributed by atoms with Gasteiger partial charge in [-0.25, -0.2) is 4.79 Å². The normalized spacial score (nSPS) is 20.5. The third kappa shape index (κ3) is 4.78. The van der Waals surface area contributed by atoms with Crippen LogP contribution in [-0.4, -0.2) is 62.7 Å². The van der Waals surface area contributed by atoms with Gasteiger partial charge in [-0.1, -0.05) is 24.3 Å². The van der Waals surface area contributed by atoms with Crippen molar-refractivity contribution in [3.8, 4) is 5.75 Å². The first kappa shape index (κ1) is 22.6. The number of carbonyl (C=O) groups excluding carboxylic acids is 3. The summed E-state index contributed by atoms with van der Waals surface area (Å²) in [5.41, 5.74) is 1.43. The highest BCUT2D eigenvalue weighted by Crippen LogP contribution is 2.29. The van der Waals surface area contributed by atoms with Gasteiger partial charge in [0.25, 0.3) is 5.91 Å². The highest BCUT2D eigenvalue weighted by atomic mass is 16.5. The van der Waals surface area contributed by atoms with Crippen LogP contribution in [0, 0.1) is 0 Å². The van der Waals surface area contributed by atoms with E-state index >= 15 is 0 Å². The monoisotopic (exact) mass is 452 g/mol. The predicted molar refractivity (Wildman–Crippen MR) is 122 cm³/mol. The Morgan fingerprint density at radius 3 is 2.39 bits per heavy atom. The average molecular weight is 453 g/mol. The number of urea groups is 1. The predicted octanol–water partition coefficient (Wildman–Crippen LogP) is 1.62. The molecule has 0 aliphatic carbocycles. The second-order valence-corrected chi connectivity index (χ2v) is 8.22. The van der Waals surface area contributed by atoms with Crippen LogP contribution in [-0.2, 0) is 26.4 Å². The van der Waals surface area contributed by atoms with Gasteiger partial charge >= 0.3 is 6.03 Å². The second kappa shape index (κ2) is 9.50. The number of rotatable bonds is 7. The number of ether oxygens (including phenoxy) is 2. The van der Waals surface area contributed by atoms with Crippen molar-refractivity contribution >= 4 is 23.5 Å². The van der Waals surface area contributed by atoms with Crippen LogP contribution in [0.25, 0.3) is 0 Å². The molecular formula is C24H28N4O5. The van der Waals surface area contributed by atoms with Crippen LogP contribution < -0.4 is 20.3 Å². The van der Waals surface area contributed by atoms with Crippen molar-refractivity contribution in [3.05, 3.63) is 59.7 Å². The largest absolute Gasteiger partial charge is 0.497 e. The molecule has 0 spiro atoms. The number of amides is 4. The van der Waals surface area contributed by atoms with Crippen LogP contribution in [0.15, 0.2) is 48.5 Å². The van der Waals surface area contributed by atoms with Gasteiger partial charge in [0.05, 0.1) is 20.3 Å². The van der Waals surface area contributed by atoms with E-state index in [0.29, 0.717) is 17.9 Å². The summed E-state index contributed by atoms with van der Waals surface area (Å²) in [7, 11) is 1.55. The minimum Gasteiger partial charge on any atom is -0.497 e. The Kier molecular flexibility index (Phi) is 6.50. The third-order valence-electron chi connectivity index (χ3n) is 6.05. The van der Waals surface area contributed by atoms with E-state index in [0.717, 1.165) is 42.5 Å². The lowest BCUT2D eigenvalue weighted by Crippen LogP contribution is -2.43. The Morgan fingerprint density at radius 2 is 1.76 bits per heavy atom. The van der Waals surface area contributed by atoms with Crippen molar-refractivity contribution in [3.63, 3.8) is 0 Å². The highest BCUT2D eigenvalue weighted by molar-refractivity contribution is 6.09. The smallest absolute Gasteiger partial charge is 0.325 e. The van der Waals surface area contributed by atoms with E-state index in [9.17, 15) is 14.4 Å². The molecular weight excluding hydrogens is 424 g/mol. The lowest BCUT2D eigenvalue weighted by atomic mass is 9.92. The molecule has 1 unspecified atom stereocenters. The molecule has 2 aliphatic rings. The van der Waals surface area contributed by atoms with Crippen LogP contribution in [0.4, 0.5) is 10.5 Å². The molecule has 0 radical (unpaired) electrons. The molecule has 0 bridgehead atoms. The molecule has 2 saturated heterocycles. The first-order valence-electron chi connectivity index (χ1n) is 10.9. The molecule has 2 fully saturated rings. The van der Waals surface area contributed by atoms with E-state index < -0.39 is 23.4 Å². The van der Waals surface area contributed by atoms with Crippen molar-refractivity contribution in [1.82, 2.24) is 15.5 Å². The van der Waals surface area contributed by atoms with E-state index in [1.807, 2.05) is 24.3 Å². The van der Waals surface area contributed by atoms with Gasteiger partial charge in [0.15, 0.2) is 0 Å². The summed E-state index contributed by atoms with van der Waals surface area (Å²) in [6.45, 7) is 4.75. The third-order valence-corrected chi connectivity index (χ3v) is 6.05. The molecule has 33 heavy (non-hydrogen) atoms. The summed E-state index contributed by atoms with van der Waals surface area (Å²) in [5, 5.41) is 5.49. The zero-order chi connectivity index (χ0) is 23.4. The molecule has 2 aliphatic heterocycles. The molecule has 9 nitrogen and oxygen atoms in total. The first-order valence-corrected chi connectivity index (χ1v) is 10.9. The summed E-state index contributed by atoms with van der Waals surface area (Å²) >= 11 is 0. The number of imide groups is 1. The molecule has 4 amide bonds. The van der Waals surface area contributed by atoms with Gasteiger partial charge in [-0.3, -0.25) is 14.5 Å². The van der Waals surface area contributed by atoms with Gasteiger partial charge < -0.3 is 25.0 Å². The van der Waals surface area contributed by atoms with Gasteiger partial charge in [0, 0.05) is 25.3 Å². The van der Waals surface area contributed by atoms with Crippen molar-refractivity contribution in [2.45, 2.75) is 19.0 Å². The Morgan fingerprint density at radius 1 is 1.09 bits per heavy atom. The lowest BCUT2D eigenvalue weighted by molar-refractivity contribution is -0.134. The minimum absolute atomic E-state index is 0.307. The van der Waals surface area contributed by atoms with Crippen molar-refractivity contribution in [2.24, 2.45) is 0 Å². The van der Waals surface area contributed by atoms with E-state index in [1.54, 1.807) is 38.3 Å². The number of nitrogens with one attached hydrogen (secondary N) is 2. The van der Waals surface area contributed by atoms with Gasteiger partial charge in [0.1, 0.15) is 17.8 Å². The highest BCUT2D eigenvalue weighted by Gasteiger charge is 2.49. The van der Waals surface area contributed by atoms with Crippen LogP contribution in [0.3, 0.4) is 0 Å². The first-order chi connectivity index (χ1) is 15.9. The molecule has 1 atom stereocenters. The second-order valence-electron chi connectivity index (χ2n) is 8.22. The number of methoxy groups -OCH3 is 1. The molecule has 174 valence electrons. The maximum absolute atomic E-state index is 13.0. The molecule has 0 saturated carbocycles. The fraction of sp³-hybridized carbons (Fsp3) is 0.375.